The fraction of sp³-hybridized carbons (Fsp3) is 0.278. The van der Waals surface area contributed by atoms with E-state index >= 15 is 0 Å². The second kappa shape index (κ2) is 7.59. The third-order valence-electron chi connectivity index (χ3n) is 3.74. The molecular weight excluding hydrogens is 308 g/mol. The van der Waals surface area contributed by atoms with Crippen LogP contribution in [-0.4, -0.2) is 29.4 Å². The first-order chi connectivity index (χ1) is 11.4. The molecule has 1 amide bonds. The predicted molar refractivity (Wildman–Crippen MR) is 91.0 cm³/mol. The third-order valence-corrected chi connectivity index (χ3v) is 3.74. The van der Waals surface area contributed by atoms with E-state index in [1.807, 2.05) is 26.0 Å². The number of carbonyl (C=O) groups excluding carboxylic acids is 1. The van der Waals surface area contributed by atoms with Gasteiger partial charge in [-0.15, -0.1) is 0 Å². The van der Waals surface area contributed by atoms with Gasteiger partial charge in [-0.3, -0.25) is 14.9 Å². The Bertz CT molecular complexity index is 758. The van der Waals surface area contributed by atoms with Crippen molar-refractivity contribution >= 4 is 11.6 Å². The molecule has 0 unspecified atom stereocenters. The van der Waals surface area contributed by atoms with Crippen LogP contribution in [0, 0.1) is 24.0 Å². The van der Waals surface area contributed by atoms with E-state index in [0.29, 0.717) is 6.54 Å². The monoisotopic (exact) mass is 328 g/mol. The van der Waals surface area contributed by atoms with Crippen LogP contribution in [0.15, 0.2) is 42.5 Å². The molecular formula is C18H20N2O4. The molecule has 0 N–H and O–H groups in total. The Labute approximate surface area is 140 Å². The maximum Gasteiger partial charge on any atom is 0.310 e. The second-order valence-corrected chi connectivity index (χ2v) is 5.69. The van der Waals surface area contributed by atoms with Crippen molar-refractivity contribution in [1.29, 1.82) is 0 Å². The normalized spacial score (nSPS) is 10.3. The Morgan fingerprint density at radius 2 is 1.92 bits per heavy atom. The quantitative estimate of drug-likeness (QED) is 0.603. The smallest absolute Gasteiger partial charge is 0.310 e. The molecule has 0 aliphatic rings. The molecule has 0 aliphatic heterocycles. The first kappa shape index (κ1) is 17.5. The summed E-state index contributed by atoms with van der Waals surface area (Å²) in [6.45, 7) is 4.24. The predicted octanol–water partition coefficient (Wildman–Crippen LogP) is 3.25. The van der Waals surface area contributed by atoms with E-state index in [9.17, 15) is 14.9 Å². The van der Waals surface area contributed by atoms with Crippen LogP contribution in [0.4, 0.5) is 5.69 Å². The Balaban J connectivity index is 1.98. The highest BCUT2D eigenvalue weighted by molar-refractivity contribution is 5.77. The topological polar surface area (TPSA) is 72.7 Å². The summed E-state index contributed by atoms with van der Waals surface area (Å²) < 4.78 is 5.34. The van der Waals surface area contributed by atoms with E-state index in [1.165, 1.54) is 17.7 Å². The minimum Gasteiger partial charge on any atom is -0.477 e. The molecule has 0 heterocycles. The van der Waals surface area contributed by atoms with Crippen molar-refractivity contribution in [3.63, 3.8) is 0 Å². The van der Waals surface area contributed by atoms with Crippen molar-refractivity contribution in [3.05, 3.63) is 69.3 Å². The minimum atomic E-state index is -0.529. The molecule has 0 aromatic heterocycles. The standard InChI is InChI=1S/C18H20N2O4/c1-13-8-9-15(14(2)10-13)11-19(3)18(21)12-24-17-7-5-4-6-16(17)20(22)23/h4-10H,11-12H2,1-3H3. The summed E-state index contributed by atoms with van der Waals surface area (Å²) >= 11 is 0. The van der Waals surface area contributed by atoms with Crippen LogP contribution >= 0.6 is 0 Å². The average Bonchev–Trinajstić information content (AvgIpc) is 2.55. The maximum absolute atomic E-state index is 12.2. The van der Waals surface area contributed by atoms with Gasteiger partial charge in [0, 0.05) is 19.7 Å². The Morgan fingerprint density at radius 1 is 1.21 bits per heavy atom. The van der Waals surface area contributed by atoms with Crippen molar-refractivity contribution < 1.29 is 14.5 Å². The van der Waals surface area contributed by atoms with Crippen LogP contribution in [0.1, 0.15) is 16.7 Å². The average molecular weight is 328 g/mol. The molecule has 126 valence electrons. The lowest BCUT2D eigenvalue weighted by Crippen LogP contribution is -2.31. The third kappa shape index (κ3) is 4.32. The first-order valence-electron chi connectivity index (χ1n) is 7.55. The van der Waals surface area contributed by atoms with Crippen LogP contribution in [-0.2, 0) is 11.3 Å². The molecule has 0 atom stereocenters. The molecule has 0 spiro atoms. The zero-order valence-corrected chi connectivity index (χ0v) is 14.0. The van der Waals surface area contributed by atoms with E-state index in [4.69, 9.17) is 4.74 Å². The van der Waals surface area contributed by atoms with Gasteiger partial charge in [-0.05, 0) is 31.0 Å². The number of aryl methyl sites for hydroxylation is 2. The van der Waals surface area contributed by atoms with Gasteiger partial charge < -0.3 is 9.64 Å². The molecule has 0 aliphatic carbocycles. The molecule has 24 heavy (non-hydrogen) atoms. The van der Waals surface area contributed by atoms with Gasteiger partial charge in [0.2, 0.25) is 0 Å². The number of ether oxygens (including phenoxy) is 1. The zero-order chi connectivity index (χ0) is 17.7. The summed E-state index contributed by atoms with van der Waals surface area (Å²) in [5.74, 6) is -0.149. The SMILES string of the molecule is Cc1ccc(CN(C)C(=O)COc2ccccc2[N+](=O)[O-])c(C)c1. The van der Waals surface area contributed by atoms with Crippen molar-refractivity contribution in [2.45, 2.75) is 20.4 Å². The fourth-order valence-electron chi connectivity index (χ4n) is 2.35. The van der Waals surface area contributed by atoms with Crippen LogP contribution in [0.25, 0.3) is 0 Å². The highest BCUT2D eigenvalue weighted by atomic mass is 16.6. The Hall–Kier alpha value is -2.89. The number of carbonyl (C=O) groups is 1. The Kier molecular flexibility index (Phi) is 5.52. The minimum absolute atomic E-state index is 0.0933. The number of hydrogen-bond donors (Lipinski definition) is 0. The van der Waals surface area contributed by atoms with E-state index in [-0.39, 0.29) is 24.0 Å². The highest BCUT2D eigenvalue weighted by Crippen LogP contribution is 2.25. The number of para-hydroxylation sites is 2. The van der Waals surface area contributed by atoms with E-state index < -0.39 is 4.92 Å². The van der Waals surface area contributed by atoms with Crippen LogP contribution < -0.4 is 4.74 Å². The van der Waals surface area contributed by atoms with E-state index in [0.717, 1.165) is 11.1 Å². The van der Waals surface area contributed by atoms with Gasteiger partial charge in [-0.1, -0.05) is 35.9 Å². The lowest BCUT2D eigenvalue weighted by atomic mass is 10.1. The maximum atomic E-state index is 12.2. The first-order valence-corrected chi connectivity index (χ1v) is 7.55. The molecule has 0 saturated heterocycles. The Morgan fingerprint density at radius 3 is 2.58 bits per heavy atom. The number of nitrogens with zero attached hydrogens (tertiary/aromatic N) is 2. The van der Waals surface area contributed by atoms with Crippen molar-refractivity contribution in [2.24, 2.45) is 0 Å². The number of amides is 1. The lowest BCUT2D eigenvalue weighted by molar-refractivity contribution is -0.385. The summed E-state index contributed by atoms with van der Waals surface area (Å²) in [6, 6.07) is 12.1. The molecule has 6 nitrogen and oxygen atoms in total. The summed E-state index contributed by atoms with van der Waals surface area (Å²) in [4.78, 5) is 24.2. The second-order valence-electron chi connectivity index (χ2n) is 5.69. The van der Waals surface area contributed by atoms with Gasteiger partial charge in [-0.25, -0.2) is 0 Å². The summed E-state index contributed by atoms with van der Waals surface area (Å²) in [6.07, 6.45) is 0. The van der Waals surface area contributed by atoms with Gasteiger partial charge in [-0.2, -0.15) is 0 Å². The molecule has 0 fully saturated rings. The van der Waals surface area contributed by atoms with E-state index in [2.05, 4.69) is 6.07 Å². The van der Waals surface area contributed by atoms with Gasteiger partial charge in [0.05, 0.1) is 4.92 Å². The zero-order valence-electron chi connectivity index (χ0n) is 14.0. The molecule has 2 aromatic carbocycles. The number of nitro groups is 1. The lowest BCUT2D eigenvalue weighted by Gasteiger charge is -2.19. The van der Waals surface area contributed by atoms with Crippen LogP contribution in [0.3, 0.4) is 0 Å². The van der Waals surface area contributed by atoms with Gasteiger partial charge in [0.25, 0.3) is 5.91 Å². The number of benzene rings is 2. The molecule has 0 radical (unpaired) electrons. The number of nitro benzene ring substituents is 1. The van der Waals surface area contributed by atoms with Gasteiger partial charge in [0.15, 0.2) is 12.4 Å². The number of likely N-dealkylation sites (N-methyl/N-ethyl adjacent to an activating group) is 1. The molecule has 6 heteroatoms. The fourth-order valence-corrected chi connectivity index (χ4v) is 2.35. The molecule has 2 aromatic rings. The summed E-state index contributed by atoms with van der Waals surface area (Å²) in [5, 5.41) is 10.9. The molecule has 0 bridgehead atoms. The molecule has 0 saturated carbocycles. The summed E-state index contributed by atoms with van der Waals surface area (Å²) in [7, 11) is 1.68. The number of hydrogen-bond acceptors (Lipinski definition) is 4. The largest absolute Gasteiger partial charge is 0.477 e. The van der Waals surface area contributed by atoms with Crippen molar-refractivity contribution in [3.8, 4) is 5.75 Å². The van der Waals surface area contributed by atoms with E-state index in [1.54, 1.807) is 24.1 Å². The van der Waals surface area contributed by atoms with Crippen LogP contribution in [0.2, 0.25) is 0 Å². The number of rotatable bonds is 6. The van der Waals surface area contributed by atoms with Crippen LogP contribution in [0.5, 0.6) is 5.75 Å². The van der Waals surface area contributed by atoms with Crippen molar-refractivity contribution in [1.82, 2.24) is 4.90 Å². The van der Waals surface area contributed by atoms with Gasteiger partial charge >= 0.3 is 5.69 Å². The summed E-state index contributed by atoms with van der Waals surface area (Å²) in [5.41, 5.74) is 3.20. The molecule has 2 rings (SSSR count). The van der Waals surface area contributed by atoms with Gasteiger partial charge in [0.1, 0.15) is 0 Å². The van der Waals surface area contributed by atoms with Crippen molar-refractivity contribution in [2.75, 3.05) is 13.7 Å². The highest BCUT2D eigenvalue weighted by Gasteiger charge is 2.17.